The van der Waals surface area contributed by atoms with Gasteiger partial charge >= 0.3 is 0 Å². The average molecular weight is 304 g/mol. The van der Waals surface area contributed by atoms with Crippen LogP contribution >= 0.6 is 0 Å². The molecule has 2 aromatic carbocycles. The number of anilines is 3. The number of para-hydroxylation sites is 1. The first-order chi connectivity index (χ1) is 11.1. The van der Waals surface area contributed by atoms with Crippen LogP contribution < -0.4 is 15.4 Å². The smallest absolute Gasteiger partial charge is 0.143 e. The van der Waals surface area contributed by atoms with Crippen molar-refractivity contribution in [1.29, 1.82) is 5.26 Å². The van der Waals surface area contributed by atoms with Gasteiger partial charge in [-0.25, -0.2) is 4.98 Å². The Balaban J connectivity index is 2.15. The molecule has 0 unspecified atom stereocenters. The summed E-state index contributed by atoms with van der Waals surface area (Å²) in [6, 6.07) is 17.2. The summed E-state index contributed by atoms with van der Waals surface area (Å²) in [5.41, 5.74) is 9.54. The molecule has 0 aliphatic rings. The Kier molecular flexibility index (Phi) is 3.73. The van der Waals surface area contributed by atoms with Gasteiger partial charge in [0.1, 0.15) is 17.5 Å². The van der Waals surface area contributed by atoms with Crippen molar-refractivity contribution in [3.63, 3.8) is 0 Å². The highest BCUT2D eigenvalue weighted by Gasteiger charge is 2.12. The van der Waals surface area contributed by atoms with Crippen molar-refractivity contribution in [1.82, 2.24) is 4.98 Å². The molecular formula is C18H16N4O. The maximum absolute atomic E-state index is 9.22. The number of aromatic nitrogens is 1. The van der Waals surface area contributed by atoms with E-state index in [1.165, 1.54) is 0 Å². The number of ether oxygens (including phenoxy) is 1. The van der Waals surface area contributed by atoms with Crippen molar-refractivity contribution < 1.29 is 4.74 Å². The highest BCUT2D eigenvalue weighted by atomic mass is 16.5. The first-order valence-corrected chi connectivity index (χ1v) is 7.11. The molecule has 5 heteroatoms. The van der Waals surface area contributed by atoms with E-state index in [0.717, 1.165) is 22.3 Å². The second-order valence-corrected chi connectivity index (χ2v) is 5.14. The van der Waals surface area contributed by atoms with Crippen molar-refractivity contribution in [3.05, 3.63) is 54.2 Å². The van der Waals surface area contributed by atoms with Gasteiger partial charge in [-0.2, -0.15) is 5.26 Å². The Morgan fingerprint density at radius 2 is 1.96 bits per heavy atom. The zero-order valence-electron chi connectivity index (χ0n) is 12.9. The largest absolute Gasteiger partial charge is 0.495 e. The first kappa shape index (κ1) is 14.7. The molecule has 0 fully saturated rings. The van der Waals surface area contributed by atoms with E-state index in [1.807, 2.05) is 54.4 Å². The van der Waals surface area contributed by atoms with Gasteiger partial charge < -0.3 is 15.4 Å². The molecule has 5 nitrogen and oxygen atoms in total. The number of methoxy groups -OCH3 is 1. The summed E-state index contributed by atoms with van der Waals surface area (Å²) in [6.07, 6.45) is 0. The lowest BCUT2D eigenvalue weighted by molar-refractivity contribution is 0.417. The predicted molar refractivity (Wildman–Crippen MR) is 91.9 cm³/mol. The lowest BCUT2D eigenvalue weighted by atomic mass is 10.1. The molecule has 0 bridgehead atoms. The zero-order valence-corrected chi connectivity index (χ0v) is 12.9. The summed E-state index contributed by atoms with van der Waals surface area (Å²) in [5, 5.41) is 10.2. The fourth-order valence-electron chi connectivity index (χ4n) is 2.56. The van der Waals surface area contributed by atoms with Gasteiger partial charge in [0.2, 0.25) is 0 Å². The Morgan fingerprint density at radius 1 is 1.17 bits per heavy atom. The number of nitrogens with zero attached hydrogens (tertiary/aromatic N) is 3. The molecule has 0 aliphatic heterocycles. The minimum atomic E-state index is 0.382. The summed E-state index contributed by atoms with van der Waals surface area (Å²) in [4.78, 5) is 6.33. The molecule has 1 heterocycles. The zero-order chi connectivity index (χ0) is 16.4. The number of benzene rings is 2. The quantitative estimate of drug-likeness (QED) is 0.750. The van der Waals surface area contributed by atoms with E-state index in [9.17, 15) is 5.26 Å². The standard InChI is InChI=1S/C18H16N4O/c1-22(13-7-8-18(23-2)15(20)10-13)17-9-12(11-19)21-16-6-4-3-5-14(16)17/h3-10H,20H2,1-2H3. The molecule has 0 aliphatic carbocycles. The van der Waals surface area contributed by atoms with E-state index in [2.05, 4.69) is 11.1 Å². The van der Waals surface area contributed by atoms with Crippen LogP contribution in [0.5, 0.6) is 5.75 Å². The monoisotopic (exact) mass is 304 g/mol. The van der Waals surface area contributed by atoms with E-state index in [4.69, 9.17) is 10.5 Å². The van der Waals surface area contributed by atoms with Gasteiger partial charge in [-0.1, -0.05) is 18.2 Å². The molecule has 0 saturated heterocycles. The Labute approximate surface area is 134 Å². The third-order valence-corrected chi connectivity index (χ3v) is 3.77. The van der Waals surface area contributed by atoms with E-state index in [-0.39, 0.29) is 0 Å². The molecule has 0 radical (unpaired) electrons. The summed E-state index contributed by atoms with van der Waals surface area (Å²) >= 11 is 0. The topological polar surface area (TPSA) is 75.2 Å². The van der Waals surface area contributed by atoms with E-state index < -0.39 is 0 Å². The van der Waals surface area contributed by atoms with Crippen molar-refractivity contribution in [2.24, 2.45) is 0 Å². The second kappa shape index (κ2) is 5.85. The number of hydrogen-bond donors (Lipinski definition) is 1. The van der Waals surface area contributed by atoms with Crippen molar-refractivity contribution in [2.75, 3.05) is 24.8 Å². The van der Waals surface area contributed by atoms with E-state index >= 15 is 0 Å². The van der Waals surface area contributed by atoms with Gasteiger partial charge in [0, 0.05) is 18.1 Å². The molecule has 0 spiro atoms. The third-order valence-electron chi connectivity index (χ3n) is 3.77. The summed E-state index contributed by atoms with van der Waals surface area (Å²) in [5.74, 6) is 0.638. The van der Waals surface area contributed by atoms with Crippen LogP contribution in [0.15, 0.2) is 48.5 Å². The number of rotatable bonds is 3. The van der Waals surface area contributed by atoms with Crippen molar-refractivity contribution in [3.8, 4) is 11.8 Å². The third kappa shape index (κ3) is 2.62. The number of hydrogen-bond acceptors (Lipinski definition) is 5. The molecule has 1 aromatic heterocycles. The molecule has 3 aromatic rings. The van der Waals surface area contributed by atoms with Crippen LogP contribution in [0.3, 0.4) is 0 Å². The average Bonchev–Trinajstić information content (AvgIpc) is 2.60. The minimum Gasteiger partial charge on any atom is -0.495 e. The van der Waals surface area contributed by atoms with Gasteiger partial charge in [-0.05, 0) is 30.3 Å². The highest BCUT2D eigenvalue weighted by molar-refractivity contribution is 5.94. The molecule has 114 valence electrons. The summed E-state index contributed by atoms with van der Waals surface area (Å²) < 4.78 is 5.20. The number of nitriles is 1. The lowest BCUT2D eigenvalue weighted by Gasteiger charge is -2.22. The van der Waals surface area contributed by atoms with Gasteiger partial charge in [0.05, 0.1) is 24.0 Å². The van der Waals surface area contributed by atoms with Crippen LogP contribution in [0.1, 0.15) is 5.69 Å². The fourth-order valence-corrected chi connectivity index (χ4v) is 2.56. The minimum absolute atomic E-state index is 0.382. The van der Waals surface area contributed by atoms with Crippen LogP contribution in [-0.4, -0.2) is 19.1 Å². The maximum Gasteiger partial charge on any atom is 0.143 e. The molecule has 0 amide bonds. The van der Waals surface area contributed by atoms with Crippen molar-refractivity contribution in [2.45, 2.75) is 0 Å². The van der Waals surface area contributed by atoms with Crippen molar-refractivity contribution >= 4 is 28.0 Å². The van der Waals surface area contributed by atoms with E-state index in [0.29, 0.717) is 17.1 Å². The van der Waals surface area contributed by atoms with Gasteiger partial charge in [0.15, 0.2) is 0 Å². The Morgan fingerprint density at radius 3 is 2.65 bits per heavy atom. The summed E-state index contributed by atoms with van der Waals surface area (Å²) in [6.45, 7) is 0. The Hall–Kier alpha value is -3.26. The van der Waals surface area contributed by atoms with Crippen LogP contribution in [0.4, 0.5) is 17.1 Å². The predicted octanol–water partition coefficient (Wildman–Crippen LogP) is 3.47. The van der Waals surface area contributed by atoms with Gasteiger partial charge in [0.25, 0.3) is 0 Å². The van der Waals surface area contributed by atoms with Gasteiger partial charge in [-0.15, -0.1) is 0 Å². The fraction of sp³-hybridized carbons (Fsp3) is 0.111. The lowest BCUT2D eigenvalue weighted by Crippen LogP contribution is -2.11. The molecule has 0 atom stereocenters. The molecule has 23 heavy (non-hydrogen) atoms. The number of pyridine rings is 1. The normalized spacial score (nSPS) is 10.3. The van der Waals surface area contributed by atoms with E-state index in [1.54, 1.807) is 13.2 Å². The van der Waals surface area contributed by atoms with Crippen LogP contribution in [0.2, 0.25) is 0 Å². The SMILES string of the molecule is COc1ccc(N(C)c2cc(C#N)nc3ccccc23)cc1N. The maximum atomic E-state index is 9.22. The highest BCUT2D eigenvalue weighted by Crippen LogP contribution is 2.34. The van der Waals surface area contributed by atoms with Crippen LogP contribution in [0.25, 0.3) is 10.9 Å². The Bertz CT molecular complexity index is 915. The molecular weight excluding hydrogens is 288 g/mol. The molecule has 0 saturated carbocycles. The molecule has 2 N–H and O–H groups in total. The number of fused-ring (bicyclic) bond motifs is 1. The summed E-state index contributed by atoms with van der Waals surface area (Å²) in [7, 11) is 3.52. The second-order valence-electron chi connectivity index (χ2n) is 5.14. The van der Waals surface area contributed by atoms with Crippen LogP contribution in [0, 0.1) is 11.3 Å². The first-order valence-electron chi connectivity index (χ1n) is 7.11. The number of nitrogens with two attached hydrogens (primary N) is 1. The molecule has 3 rings (SSSR count). The number of nitrogen functional groups attached to an aromatic ring is 1. The van der Waals surface area contributed by atoms with Gasteiger partial charge in [-0.3, -0.25) is 0 Å². The van der Waals surface area contributed by atoms with Crippen LogP contribution in [-0.2, 0) is 0 Å².